The molecular weight excluding hydrogens is 239 g/mol. The summed E-state index contributed by atoms with van der Waals surface area (Å²) in [4.78, 5) is 13.5. The first-order valence-corrected chi connectivity index (χ1v) is 6.09. The second-order valence-corrected chi connectivity index (χ2v) is 4.97. The van der Waals surface area contributed by atoms with Gasteiger partial charge in [-0.05, 0) is 30.3 Å². The fraction of sp³-hybridized carbons (Fsp3) is 0.333. The van der Waals surface area contributed by atoms with Gasteiger partial charge in [0.25, 0.3) is 0 Å². The predicted octanol–water partition coefficient (Wildman–Crippen LogP) is 2.27. The number of anilines is 1. The van der Waals surface area contributed by atoms with Crippen LogP contribution in [-0.2, 0) is 10.2 Å². The minimum absolute atomic E-state index is 0.166. The van der Waals surface area contributed by atoms with Crippen molar-refractivity contribution in [1.29, 1.82) is 5.26 Å². The van der Waals surface area contributed by atoms with Crippen molar-refractivity contribution < 1.29 is 9.18 Å². The lowest BCUT2D eigenvalue weighted by Crippen LogP contribution is -2.38. The van der Waals surface area contributed by atoms with Crippen LogP contribution in [-0.4, -0.2) is 18.7 Å². The van der Waals surface area contributed by atoms with E-state index in [1.165, 1.54) is 11.0 Å². The molecule has 17 heavy (non-hydrogen) atoms. The van der Waals surface area contributed by atoms with Crippen molar-refractivity contribution in [2.45, 2.75) is 12.3 Å². The largest absolute Gasteiger partial charge is 0.312 e. The number of fused-ring (bicyclic) bond motifs is 1. The average molecular weight is 250 g/mol. The summed E-state index contributed by atoms with van der Waals surface area (Å²) in [6.07, 6.45) is 0. The number of nitriles is 1. The Labute approximate surface area is 103 Å². The monoisotopic (exact) mass is 250 g/mol. The minimum atomic E-state index is -0.813. The summed E-state index contributed by atoms with van der Waals surface area (Å²) >= 11 is 1.02. The second kappa shape index (κ2) is 4.04. The molecule has 0 aromatic heterocycles. The molecule has 1 amide bonds. The summed E-state index contributed by atoms with van der Waals surface area (Å²) in [5, 5.41) is 10.6. The molecule has 0 spiro atoms. The first kappa shape index (κ1) is 11.9. The molecule has 1 aliphatic heterocycles. The third-order valence-corrected chi connectivity index (χ3v) is 3.97. The van der Waals surface area contributed by atoms with E-state index in [1.807, 2.05) is 5.40 Å². The number of hydrogen-bond donors (Lipinski definition) is 0. The van der Waals surface area contributed by atoms with Crippen LogP contribution in [0.5, 0.6) is 0 Å². The lowest BCUT2D eigenvalue weighted by atomic mass is 9.86. The van der Waals surface area contributed by atoms with Gasteiger partial charge in [-0.15, -0.1) is 0 Å². The number of benzene rings is 1. The van der Waals surface area contributed by atoms with Gasteiger partial charge in [0.2, 0.25) is 5.91 Å². The standard InChI is InChI=1S/C12H11FN2OS/c1-12(6-17-7-14)8-4-3-5-9(13)10(8)15(2)11(12)16/h3-5H,6H2,1-2H3. The van der Waals surface area contributed by atoms with Gasteiger partial charge >= 0.3 is 0 Å². The Balaban J connectivity index is 2.56. The summed E-state index contributed by atoms with van der Waals surface area (Å²) in [5.41, 5.74) is 0.179. The van der Waals surface area contributed by atoms with Gasteiger partial charge in [-0.25, -0.2) is 4.39 Å². The molecule has 1 aliphatic rings. The fourth-order valence-corrected chi connectivity index (χ4v) is 2.84. The fourth-order valence-electron chi connectivity index (χ4n) is 2.20. The molecule has 0 bridgehead atoms. The van der Waals surface area contributed by atoms with Crippen LogP contribution in [0.3, 0.4) is 0 Å². The molecule has 5 heteroatoms. The van der Waals surface area contributed by atoms with Gasteiger partial charge in [-0.1, -0.05) is 12.1 Å². The van der Waals surface area contributed by atoms with Gasteiger partial charge in [-0.2, -0.15) is 5.26 Å². The lowest BCUT2D eigenvalue weighted by molar-refractivity contribution is -0.121. The Hall–Kier alpha value is -1.54. The summed E-state index contributed by atoms with van der Waals surface area (Å²) in [6.45, 7) is 1.75. The Kier molecular flexibility index (Phi) is 2.84. The first-order valence-electron chi connectivity index (χ1n) is 5.10. The van der Waals surface area contributed by atoms with E-state index in [-0.39, 0.29) is 5.91 Å². The molecule has 1 unspecified atom stereocenters. The van der Waals surface area contributed by atoms with Gasteiger partial charge in [0, 0.05) is 12.8 Å². The quantitative estimate of drug-likeness (QED) is 0.756. The van der Waals surface area contributed by atoms with Crippen LogP contribution in [0.15, 0.2) is 18.2 Å². The number of hydrogen-bond acceptors (Lipinski definition) is 3. The molecule has 2 rings (SSSR count). The Bertz CT molecular complexity index is 526. The predicted molar refractivity (Wildman–Crippen MR) is 65.2 cm³/mol. The number of thioether (sulfide) groups is 1. The first-order chi connectivity index (χ1) is 8.02. The average Bonchev–Trinajstić information content (AvgIpc) is 2.51. The lowest BCUT2D eigenvalue weighted by Gasteiger charge is -2.20. The number of carbonyl (C=O) groups is 1. The number of thiocyanates is 1. The summed E-state index contributed by atoms with van der Waals surface area (Å²) in [7, 11) is 1.56. The van der Waals surface area contributed by atoms with Gasteiger partial charge in [0.1, 0.15) is 11.2 Å². The van der Waals surface area contributed by atoms with Gasteiger partial charge in [0.15, 0.2) is 0 Å². The maximum atomic E-state index is 13.7. The van der Waals surface area contributed by atoms with Gasteiger partial charge < -0.3 is 4.90 Å². The number of amides is 1. The SMILES string of the molecule is CN1C(=O)C(C)(CSC#N)c2cccc(F)c21. The molecule has 1 aromatic rings. The Morgan fingerprint density at radius 2 is 2.29 bits per heavy atom. The van der Waals surface area contributed by atoms with E-state index in [9.17, 15) is 9.18 Å². The van der Waals surface area contributed by atoms with Crippen LogP contribution in [0.2, 0.25) is 0 Å². The smallest absolute Gasteiger partial charge is 0.238 e. The highest BCUT2D eigenvalue weighted by Gasteiger charge is 2.47. The molecule has 3 nitrogen and oxygen atoms in total. The van der Waals surface area contributed by atoms with Crippen LogP contribution >= 0.6 is 11.8 Å². The van der Waals surface area contributed by atoms with Crippen LogP contribution in [0.25, 0.3) is 0 Å². The molecule has 0 radical (unpaired) electrons. The zero-order valence-electron chi connectivity index (χ0n) is 9.53. The minimum Gasteiger partial charge on any atom is -0.312 e. The van der Waals surface area contributed by atoms with E-state index >= 15 is 0 Å². The van der Waals surface area contributed by atoms with E-state index in [4.69, 9.17) is 5.26 Å². The summed E-state index contributed by atoms with van der Waals surface area (Å²) < 4.78 is 13.7. The number of halogens is 1. The van der Waals surface area contributed by atoms with Crippen LogP contribution in [0, 0.1) is 16.5 Å². The molecule has 0 N–H and O–H groups in total. The zero-order chi connectivity index (χ0) is 12.6. The van der Waals surface area contributed by atoms with Crippen molar-refractivity contribution in [3.63, 3.8) is 0 Å². The van der Waals surface area contributed by atoms with Crippen molar-refractivity contribution in [2.24, 2.45) is 0 Å². The van der Waals surface area contributed by atoms with E-state index in [0.29, 0.717) is 17.0 Å². The third-order valence-electron chi connectivity index (χ3n) is 3.12. The van der Waals surface area contributed by atoms with Gasteiger partial charge in [0.05, 0.1) is 11.1 Å². The Morgan fingerprint density at radius 3 is 2.94 bits per heavy atom. The van der Waals surface area contributed by atoms with E-state index in [1.54, 1.807) is 26.1 Å². The normalized spacial score (nSPS) is 22.5. The summed E-state index contributed by atoms with van der Waals surface area (Å²) in [5.74, 6) is -0.229. The maximum Gasteiger partial charge on any atom is 0.238 e. The molecule has 88 valence electrons. The maximum absolute atomic E-state index is 13.7. The van der Waals surface area contributed by atoms with Crippen molar-refractivity contribution in [1.82, 2.24) is 0 Å². The highest BCUT2D eigenvalue weighted by molar-refractivity contribution is 8.03. The summed E-state index contributed by atoms with van der Waals surface area (Å²) in [6, 6.07) is 4.68. The van der Waals surface area contributed by atoms with E-state index < -0.39 is 11.2 Å². The van der Waals surface area contributed by atoms with Crippen LogP contribution in [0.4, 0.5) is 10.1 Å². The van der Waals surface area contributed by atoms with Crippen LogP contribution < -0.4 is 4.90 Å². The third kappa shape index (κ3) is 1.60. The topological polar surface area (TPSA) is 44.1 Å². The molecule has 0 aliphatic carbocycles. The number of likely N-dealkylation sites (N-methyl/N-ethyl adjacent to an activating group) is 1. The molecule has 1 atom stereocenters. The van der Waals surface area contributed by atoms with Crippen molar-refractivity contribution in [3.05, 3.63) is 29.6 Å². The van der Waals surface area contributed by atoms with Crippen molar-refractivity contribution in [2.75, 3.05) is 17.7 Å². The zero-order valence-corrected chi connectivity index (χ0v) is 10.3. The number of rotatable bonds is 2. The molecule has 0 saturated heterocycles. The van der Waals surface area contributed by atoms with E-state index in [0.717, 1.165) is 11.8 Å². The molecule has 1 heterocycles. The molecule has 1 aromatic carbocycles. The van der Waals surface area contributed by atoms with Crippen molar-refractivity contribution >= 4 is 23.4 Å². The molecule has 0 fully saturated rings. The van der Waals surface area contributed by atoms with Crippen molar-refractivity contribution in [3.8, 4) is 5.40 Å². The van der Waals surface area contributed by atoms with Gasteiger partial charge in [-0.3, -0.25) is 4.79 Å². The van der Waals surface area contributed by atoms with E-state index in [2.05, 4.69) is 0 Å². The second-order valence-electron chi connectivity index (χ2n) is 4.21. The van der Waals surface area contributed by atoms with Crippen LogP contribution in [0.1, 0.15) is 12.5 Å². The number of para-hydroxylation sites is 1. The number of carbonyl (C=O) groups excluding carboxylic acids is 1. The molecule has 0 saturated carbocycles. The highest BCUT2D eigenvalue weighted by Crippen LogP contribution is 2.43. The number of nitrogens with zero attached hydrogens (tertiary/aromatic N) is 2. The molecular formula is C12H11FN2OS. The Morgan fingerprint density at radius 1 is 1.59 bits per heavy atom. The highest BCUT2D eigenvalue weighted by atomic mass is 32.2.